The predicted octanol–water partition coefficient (Wildman–Crippen LogP) is 3.21. The summed E-state index contributed by atoms with van der Waals surface area (Å²) < 4.78 is 13.9. The van der Waals surface area contributed by atoms with Crippen molar-refractivity contribution in [3.8, 4) is 11.4 Å². The number of hydrogen-bond donors (Lipinski definition) is 2. The summed E-state index contributed by atoms with van der Waals surface area (Å²) >= 11 is 0. The third-order valence-electron chi connectivity index (χ3n) is 3.49. The molecule has 0 aliphatic rings. The summed E-state index contributed by atoms with van der Waals surface area (Å²) in [4.78, 5) is 22.3. The van der Waals surface area contributed by atoms with Gasteiger partial charge in [0.2, 0.25) is 0 Å². The molecule has 4 rings (SSSR count). The van der Waals surface area contributed by atoms with Gasteiger partial charge in [-0.3, -0.25) is 4.79 Å². The Hall–Kier alpha value is -2.95. The van der Waals surface area contributed by atoms with Crippen LogP contribution in [0.1, 0.15) is 0 Å². The first-order valence-electron chi connectivity index (χ1n) is 6.50. The largest absolute Gasteiger partial charge is 0.349 e. The molecule has 2 N–H and O–H groups in total. The molecule has 0 amide bonds. The smallest absolute Gasteiger partial charge is 0.275 e. The first-order chi connectivity index (χ1) is 10.2. The topological polar surface area (TPSA) is 61.5 Å². The van der Waals surface area contributed by atoms with E-state index in [4.69, 9.17) is 0 Å². The van der Waals surface area contributed by atoms with Crippen molar-refractivity contribution in [2.24, 2.45) is 0 Å². The average molecular weight is 279 g/mol. The van der Waals surface area contributed by atoms with Crippen molar-refractivity contribution >= 4 is 21.9 Å². The molecule has 102 valence electrons. The molecule has 0 saturated heterocycles. The Morgan fingerprint density at radius 2 is 1.71 bits per heavy atom. The van der Waals surface area contributed by atoms with Gasteiger partial charge in [-0.25, -0.2) is 9.37 Å². The minimum Gasteiger partial charge on any atom is -0.349 e. The summed E-state index contributed by atoms with van der Waals surface area (Å²) in [5.41, 5.74) is 1.75. The van der Waals surface area contributed by atoms with E-state index in [1.165, 1.54) is 6.07 Å². The molecule has 2 heterocycles. The maximum atomic E-state index is 13.9. The van der Waals surface area contributed by atoms with Gasteiger partial charge in [0.05, 0.1) is 5.56 Å². The Kier molecular flexibility index (Phi) is 2.41. The number of fused-ring (bicyclic) bond motifs is 3. The summed E-state index contributed by atoms with van der Waals surface area (Å²) in [5, 5.41) is 0.844. The van der Waals surface area contributed by atoms with Crippen LogP contribution >= 0.6 is 0 Å². The van der Waals surface area contributed by atoms with Gasteiger partial charge in [0.15, 0.2) is 0 Å². The van der Waals surface area contributed by atoms with E-state index in [2.05, 4.69) is 15.0 Å². The minimum atomic E-state index is -0.417. The summed E-state index contributed by atoms with van der Waals surface area (Å²) in [5.74, 6) is -0.185. The van der Waals surface area contributed by atoms with Crippen molar-refractivity contribution in [2.75, 3.05) is 0 Å². The van der Waals surface area contributed by atoms with Gasteiger partial charge in [-0.2, -0.15) is 0 Å². The van der Waals surface area contributed by atoms with Crippen LogP contribution in [0.3, 0.4) is 0 Å². The SMILES string of the molecule is O=c1[nH]c(-c2ccccc2F)nc2c1[nH]c1ccccc12. The van der Waals surface area contributed by atoms with Crippen LogP contribution in [-0.4, -0.2) is 15.0 Å². The van der Waals surface area contributed by atoms with Crippen molar-refractivity contribution in [3.63, 3.8) is 0 Å². The van der Waals surface area contributed by atoms with Gasteiger partial charge in [0.25, 0.3) is 5.56 Å². The molecule has 0 spiro atoms. The molecular weight excluding hydrogens is 269 g/mol. The van der Waals surface area contributed by atoms with Crippen LogP contribution in [0.2, 0.25) is 0 Å². The molecule has 2 aromatic carbocycles. The molecule has 4 aromatic rings. The summed E-state index contributed by atoms with van der Waals surface area (Å²) in [6, 6.07) is 13.7. The number of halogens is 1. The van der Waals surface area contributed by atoms with Gasteiger partial charge >= 0.3 is 0 Å². The van der Waals surface area contributed by atoms with Crippen molar-refractivity contribution in [2.45, 2.75) is 0 Å². The lowest BCUT2D eigenvalue weighted by Gasteiger charge is -2.02. The molecular formula is C16H10FN3O. The van der Waals surface area contributed by atoms with Crippen LogP contribution in [0, 0.1) is 5.82 Å². The van der Waals surface area contributed by atoms with Crippen LogP contribution in [0.5, 0.6) is 0 Å². The van der Waals surface area contributed by atoms with Crippen LogP contribution in [0.15, 0.2) is 53.3 Å². The molecule has 0 bridgehead atoms. The number of hydrogen-bond acceptors (Lipinski definition) is 2. The quantitative estimate of drug-likeness (QED) is 0.562. The predicted molar refractivity (Wildman–Crippen MR) is 79.6 cm³/mol. The third kappa shape index (κ3) is 1.74. The Morgan fingerprint density at radius 3 is 2.57 bits per heavy atom. The fourth-order valence-electron chi connectivity index (χ4n) is 2.50. The van der Waals surface area contributed by atoms with Gasteiger partial charge in [0.1, 0.15) is 22.7 Å². The van der Waals surface area contributed by atoms with E-state index in [0.29, 0.717) is 11.0 Å². The Morgan fingerprint density at radius 1 is 0.952 bits per heavy atom. The second kappa shape index (κ2) is 4.28. The number of nitrogens with zero attached hydrogens (tertiary/aromatic N) is 1. The molecule has 4 nitrogen and oxygen atoms in total. The molecule has 5 heteroatoms. The molecule has 0 aliphatic heterocycles. The van der Waals surface area contributed by atoms with Gasteiger partial charge in [-0.15, -0.1) is 0 Å². The van der Waals surface area contributed by atoms with Crippen LogP contribution in [0.25, 0.3) is 33.3 Å². The fourth-order valence-corrected chi connectivity index (χ4v) is 2.50. The highest BCUT2D eigenvalue weighted by Gasteiger charge is 2.13. The van der Waals surface area contributed by atoms with E-state index in [1.807, 2.05) is 24.3 Å². The van der Waals surface area contributed by atoms with E-state index in [-0.39, 0.29) is 16.9 Å². The van der Waals surface area contributed by atoms with Crippen molar-refractivity contribution in [1.82, 2.24) is 15.0 Å². The minimum absolute atomic E-state index is 0.232. The molecule has 2 aromatic heterocycles. The monoisotopic (exact) mass is 279 g/mol. The van der Waals surface area contributed by atoms with E-state index in [1.54, 1.807) is 18.2 Å². The number of aromatic nitrogens is 3. The number of para-hydroxylation sites is 1. The van der Waals surface area contributed by atoms with E-state index >= 15 is 0 Å². The molecule has 0 saturated carbocycles. The normalized spacial score (nSPS) is 11.3. The van der Waals surface area contributed by atoms with Crippen LogP contribution in [-0.2, 0) is 0 Å². The number of nitrogens with one attached hydrogen (secondary N) is 2. The Bertz CT molecular complexity index is 1030. The molecule has 0 radical (unpaired) electrons. The second-order valence-electron chi connectivity index (χ2n) is 4.79. The van der Waals surface area contributed by atoms with E-state index in [9.17, 15) is 9.18 Å². The van der Waals surface area contributed by atoms with Crippen LogP contribution < -0.4 is 5.56 Å². The molecule has 0 aliphatic carbocycles. The maximum absolute atomic E-state index is 13.9. The zero-order chi connectivity index (χ0) is 14.4. The number of H-pyrrole nitrogens is 2. The summed E-state index contributed by atoms with van der Waals surface area (Å²) in [6.07, 6.45) is 0. The third-order valence-corrected chi connectivity index (χ3v) is 3.49. The summed E-state index contributed by atoms with van der Waals surface area (Å²) in [6.45, 7) is 0. The molecule has 0 fully saturated rings. The lowest BCUT2D eigenvalue weighted by atomic mass is 10.2. The van der Waals surface area contributed by atoms with Crippen molar-refractivity contribution in [3.05, 3.63) is 64.7 Å². The van der Waals surface area contributed by atoms with Crippen LogP contribution in [0.4, 0.5) is 4.39 Å². The van der Waals surface area contributed by atoms with Gasteiger partial charge in [0, 0.05) is 10.9 Å². The second-order valence-corrected chi connectivity index (χ2v) is 4.79. The van der Waals surface area contributed by atoms with Gasteiger partial charge in [-0.1, -0.05) is 30.3 Å². The Labute approximate surface area is 118 Å². The van der Waals surface area contributed by atoms with Gasteiger partial charge in [-0.05, 0) is 18.2 Å². The molecule has 21 heavy (non-hydrogen) atoms. The highest BCUT2D eigenvalue weighted by Crippen LogP contribution is 2.24. The van der Waals surface area contributed by atoms with E-state index in [0.717, 1.165) is 10.9 Å². The highest BCUT2D eigenvalue weighted by molar-refractivity contribution is 6.04. The van der Waals surface area contributed by atoms with Crippen molar-refractivity contribution < 1.29 is 4.39 Å². The number of aromatic amines is 2. The highest BCUT2D eigenvalue weighted by atomic mass is 19.1. The summed E-state index contributed by atoms with van der Waals surface area (Å²) in [7, 11) is 0. The van der Waals surface area contributed by atoms with Gasteiger partial charge < -0.3 is 9.97 Å². The zero-order valence-corrected chi connectivity index (χ0v) is 10.9. The lowest BCUT2D eigenvalue weighted by Crippen LogP contribution is -2.09. The number of benzene rings is 2. The molecule has 0 unspecified atom stereocenters. The lowest BCUT2D eigenvalue weighted by molar-refractivity contribution is 0.630. The molecule has 0 atom stereocenters. The van der Waals surface area contributed by atoms with E-state index < -0.39 is 5.82 Å². The zero-order valence-electron chi connectivity index (χ0n) is 10.9. The average Bonchev–Trinajstić information content (AvgIpc) is 2.87. The first kappa shape index (κ1) is 11.8. The first-order valence-corrected chi connectivity index (χ1v) is 6.50. The Balaban J connectivity index is 2.11. The van der Waals surface area contributed by atoms with Crippen molar-refractivity contribution in [1.29, 1.82) is 0 Å². The standard InChI is InChI=1S/C16H10FN3O/c17-11-7-3-1-5-9(11)15-19-13-10-6-2-4-8-12(10)18-14(13)16(21)20-15/h1-8,18H,(H,19,20,21). The number of rotatable bonds is 1. The maximum Gasteiger partial charge on any atom is 0.275 e. The fraction of sp³-hybridized carbons (Fsp3) is 0.